The van der Waals surface area contributed by atoms with Crippen LogP contribution in [0.1, 0.15) is 43.3 Å². The molecule has 1 aliphatic rings. The number of anilines is 1. The van der Waals surface area contributed by atoms with Gasteiger partial charge in [-0.3, -0.25) is 0 Å². The first-order valence-electron chi connectivity index (χ1n) is 7.63. The van der Waals surface area contributed by atoms with Crippen LogP contribution in [0.2, 0.25) is 0 Å². The Bertz CT molecular complexity index is 867. The molecule has 1 aromatic carbocycles. The van der Waals surface area contributed by atoms with Crippen molar-refractivity contribution in [2.45, 2.75) is 50.7 Å². The number of aromatic nitrogens is 1. The molecule has 0 saturated carbocycles. The van der Waals surface area contributed by atoms with Gasteiger partial charge in [-0.05, 0) is 45.9 Å². The SMILES string of the molecule is Cc1noc(C)c1S(=O)(=O)NC1CC(C)(C)Oc2ccc(N)cc21. The third kappa shape index (κ3) is 2.99. The first-order valence-corrected chi connectivity index (χ1v) is 9.11. The summed E-state index contributed by atoms with van der Waals surface area (Å²) in [6.07, 6.45) is 0.478. The number of sulfonamides is 1. The lowest BCUT2D eigenvalue weighted by atomic mass is 9.90. The van der Waals surface area contributed by atoms with E-state index in [0.717, 1.165) is 5.56 Å². The summed E-state index contributed by atoms with van der Waals surface area (Å²) in [5.41, 5.74) is 6.97. The molecule has 7 nitrogen and oxygen atoms in total. The van der Waals surface area contributed by atoms with Crippen LogP contribution in [0.4, 0.5) is 5.69 Å². The van der Waals surface area contributed by atoms with Crippen LogP contribution >= 0.6 is 0 Å². The topological polar surface area (TPSA) is 107 Å². The summed E-state index contributed by atoms with van der Waals surface area (Å²) in [4.78, 5) is 0.0808. The summed E-state index contributed by atoms with van der Waals surface area (Å²) < 4.78 is 39.3. The lowest BCUT2D eigenvalue weighted by Gasteiger charge is -2.37. The van der Waals surface area contributed by atoms with Gasteiger partial charge in [-0.25, -0.2) is 13.1 Å². The fourth-order valence-electron chi connectivity index (χ4n) is 3.08. The normalized spacial score (nSPS) is 19.6. The van der Waals surface area contributed by atoms with Gasteiger partial charge in [0, 0.05) is 17.7 Å². The lowest BCUT2D eigenvalue weighted by molar-refractivity contribution is 0.0702. The Morgan fingerprint density at radius 2 is 2.04 bits per heavy atom. The lowest BCUT2D eigenvalue weighted by Crippen LogP contribution is -2.41. The highest BCUT2D eigenvalue weighted by molar-refractivity contribution is 7.89. The molecule has 0 spiro atoms. The minimum absolute atomic E-state index is 0.0808. The molecule has 2 heterocycles. The number of fused-ring (bicyclic) bond motifs is 1. The largest absolute Gasteiger partial charge is 0.487 e. The number of hydrogen-bond acceptors (Lipinski definition) is 6. The molecule has 8 heteroatoms. The van der Waals surface area contributed by atoms with Crippen molar-refractivity contribution in [2.75, 3.05) is 5.73 Å². The maximum atomic E-state index is 12.8. The molecule has 24 heavy (non-hydrogen) atoms. The Morgan fingerprint density at radius 1 is 1.33 bits per heavy atom. The molecule has 1 aliphatic heterocycles. The molecule has 1 atom stereocenters. The molecule has 0 radical (unpaired) electrons. The average molecular weight is 351 g/mol. The fourth-order valence-corrected chi connectivity index (χ4v) is 4.63. The fraction of sp³-hybridized carbons (Fsp3) is 0.438. The second kappa shape index (κ2) is 5.49. The van der Waals surface area contributed by atoms with E-state index in [1.165, 1.54) is 0 Å². The molecular formula is C16H21N3O4S. The van der Waals surface area contributed by atoms with E-state index >= 15 is 0 Å². The molecule has 3 rings (SSSR count). The number of rotatable bonds is 3. The number of ether oxygens (including phenoxy) is 1. The molecule has 1 unspecified atom stereocenters. The molecule has 0 fully saturated rings. The predicted octanol–water partition coefficient (Wildman–Crippen LogP) is 2.45. The zero-order chi connectivity index (χ0) is 17.7. The zero-order valence-electron chi connectivity index (χ0n) is 14.1. The number of aryl methyl sites for hydroxylation is 2. The van der Waals surface area contributed by atoms with E-state index in [1.807, 2.05) is 13.8 Å². The molecule has 0 aliphatic carbocycles. The summed E-state index contributed by atoms with van der Waals surface area (Å²) in [5, 5.41) is 3.72. The standard InChI is InChI=1S/C16H21N3O4S/c1-9-15(10(2)23-18-9)24(20,21)19-13-8-16(3,4)22-14-6-5-11(17)7-12(13)14/h5-7,13,19H,8,17H2,1-4H3. The minimum atomic E-state index is -3.79. The van der Waals surface area contributed by atoms with Crippen LogP contribution < -0.4 is 15.2 Å². The van der Waals surface area contributed by atoms with Crippen LogP contribution in [0.3, 0.4) is 0 Å². The van der Waals surface area contributed by atoms with E-state index in [-0.39, 0.29) is 10.7 Å². The number of nitrogens with one attached hydrogen (secondary N) is 1. The first kappa shape index (κ1) is 16.8. The third-order valence-electron chi connectivity index (χ3n) is 4.03. The molecule has 0 bridgehead atoms. The Morgan fingerprint density at radius 3 is 2.67 bits per heavy atom. The maximum absolute atomic E-state index is 12.8. The molecule has 0 saturated heterocycles. The van der Waals surface area contributed by atoms with Crippen molar-refractivity contribution in [1.82, 2.24) is 9.88 Å². The summed E-state index contributed by atoms with van der Waals surface area (Å²) in [7, 11) is -3.79. The molecule has 1 aromatic heterocycles. The third-order valence-corrected chi connectivity index (χ3v) is 5.74. The van der Waals surface area contributed by atoms with Crippen LogP contribution in [0.15, 0.2) is 27.6 Å². The van der Waals surface area contributed by atoms with E-state index < -0.39 is 21.7 Å². The van der Waals surface area contributed by atoms with Gasteiger partial charge in [-0.2, -0.15) is 0 Å². The summed E-state index contributed by atoms with van der Waals surface area (Å²) >= 11 is 0. The summed E-state index contributed by atoms with van der Waals surface area (Å²) in [5.74, 6) is 0.894. The Balaban J connectivity index is 2.02. The number of nitrogens with two attached hydrogens (primary N) is 1. The van der Waals surface area contributed by atoms with Gasteiger partial charge in [0.25, 0.3) is 0 Å². The van der Waals surface area contributed by atoms with E-state index in [2.05, 4.69) is 9.88 Å². The first-order chi connectivity index (χ1) is 11.1. The van der Waals surface area contributed by atoms with Crippen molar-refractivity contribution in [2.24, 2.45) is 0 Å². The van der Waals surface area contributed by atoms with Gasteiger partial charge in [-0.1, -0.05) is 5.16 Å². The Labute approximate surface area is 141 Å². The van der Waals surface area contributed by atoms with Crippen molar-refractivity contribution < 1.29 is 17.7 Å². The monoisotopic (exact) mass is 351 g/mol. The number of nitrogens with zero attached hydrogens (tertiary/aromatic N) is 1. The summed E-state index contributed by atoms with van der Waals surface area (Å²) in [6.45, 7) is 7.02. The van der Waals surface area contributed by atoms with Crippen LogP contribution in [-0.4, -0.2) is 19.2 Å². The van der Waals surface area contributed by atoms with Crippen LogP contribution in [0.25, 0.3) is 0 Å². The van der Waals surface area contributed by atoms with Gasteiger partial charge in [0.15, 0.2) is 5.76 Å². The van der Waals surface area contributed by atoms with Crippen molar-refractivity contribution in [3.63, 3.8) is 0 Å². The number of benzene rings is 1. The zero-order valence-corrected chi connectivity index (χ0v) is 14.9. The highest BCUT2D eigenvalue weighted by Gasteiger charge is 2.37. The minimum Gasteiger partial charge on any atom is -0.487 e. The number of nitrogen functional groups attached to an aromatic ring is 1. The second-order valence-corrected chi connectivity index (χ2v) is 8.34. The molecular weight excluding hydrogens is 330 g/mol. The van der Waals surface area contributed by atoms with E-state index in [0.29, 0.717) is 23.6 Å². The van der Waals surface area contributed by atoms with Crippen molar-refractivity contribution in [3.8, 4) is 5.75 Å². The van der Waals surface area contributed by atoms with E-state index in [4.69, 9.17) is 15.0 Å². The highest BCUT2D eigenvalue weighted by atomic mass is 32.2. The van der Waals surface area contributed by atoms with Crippen molar-refractivity contribution >= 4 is 15.7 Å². The highest BCUT2D eigenvalue weighted by Crippen LogP contribution is 2.41. The van der Waals surface area contributed by atoms with E-state index in [9.17, 15) is 8.42 Å². The van der Waals surface area contributed by atoms with Gasteiger partial charge in [0.05, 0.1) is 6.04 Å². The predicted molar refractivity (Wildman–Crippen MR) is 89.2 cm³/mol. The molecule has 3 N–H and O–H groups in total. The van der Waals surface area contributed by atoms with Gasteiger partial charge in [-0.15, -0.1) is 0 Å². The van der Waals surface area contributed by atoms with Gasteiger partial charge in [0.2, 0.25) is 10.0 Å². The van der Waals surface area contributed by atoms with Gasteiger partial charge < -0.3 is 15.0 Å². The summed E-state index contributed by atoms with van der Waals surface area (Å²) in [6, 6.07) is 4.79. The van der Waals surface area contributed by atoms with Crippen LogP contribution in [0, 0.1) is 13.8 Å². The quantitative estimate of drug-likeness (QED) is 0.823. The van der Waals surface area contributed by atoms with Gasteiger partial charge in [0.1, 0.15) is 21.9 Å². The van der Waals surface area contributed by atoms with Crippen LogP contribution in [-0.2, 0) is 10.0 Å². The van der Waals surface area contributed by atoms with Crippen LogP contribution in [0.5, 0.6) is 5.75 Å². The molecule has 130 valence electrons. The molecule has 0 amide bonds. The van der Waals surface area contributed by atoms with Crippen molar-refractivity contribution in [3.05, 3.63) is 35.2 Å². The van der Waals surface area contributed by atoms with Gasteiger partial charge >= 0.3 is 0 Å². The maximum Gasteiger partial charge on any atom is 0.246 e. The second-order valence-electron chi connectivity index (χ2n) is 6.69. The average Bonchev–Trinajstić information content (AvgIpc) is 2.78. The molecule has 2 aromatic rings. The number of hydrogen-bond donors (Lipinski definition) is 2. The Kier molecular flexibility index (Phi) is 3.84. The van der Waals surface area contributed by atoms with E-state index in [1.54, 1.807) is 32.0 Å². The Hall–Kier alpha value is -2.06. The smallest absolute Gasteiger partial charge is 0.246 e. The van der Waals surface area contributed by atoms with Crippen molar-refractivity contribution in [1.29, 1.82) is 0 Å².